The van der Waals surface area contributed by atoms with Gasteiger partial charge >= 0.3 is 39.5 Å². The summed E-state index contributed by atoms with van der Waals surface area (Å²) in [6, 6.07) is 0. The topological polar surface area (TPSA) is 237 Å². The van der Waals surface area contributed by atoms with E-state index in [1.807, 2.05) is 0 Å². The Kier molecular flexibility index (Phi) is 69.0. The molecule has 0 aliphatic heterocycles. The molecule has 0 heterocycles. The SMILES string of the molecule is CCCCCCCCCCCCCCCCCCCCCC(=O)O[C@H](COC(=O)CCCCCCCCCCCCCCC(C)C)COP(=O)(O)OC[C@@H](O)COP(=O)(O)OC[C@@H](COC(=O)CCCCCCCCCCC(C)C)OC(=O)CCCCCCCCCCCCCC(C)C. The predicted molar refractivity (Wildman–Crippen MR) is 405 cm³/mol. The molecule has 0 saturated carbocycles. The molecule has 0 aliphatic rings. The summed E-state index contributed by atoms with van der Waals surface area (Å²) in [5.41, 5.74) is 0. The first kappa shape index (κ1) is 97.1. The van der Waals surface area contributed by atoms with Crippen LogP contribution in [-0.2, 0) is 65.4 Å². The fraction of sp³-hybridized carbons (Fsp3) is 0.950. The summed E-state index contributed by atoms with van der Waals surface area (Å²) in [7, 11) is -9.92. The normalized spacial score (nSPS) is 14.0. The molecular weight excluding hydrogens is 1290 g/mol. The van der Waals surface area contributed by atoms with Gasteiger partial charge in [0.1, 0.15) is 19.3 Å². The number of hydrogen-bond donors (Lipinski definition) is 3. The molecule has 19 heteroatoms. The van der Waals surface area contributed by atoms with E-state index in [0.717, 1.165) is 108 Å². The van der Waals surface area contributed by atoms with E-state index in [1.54, 1.807) is 0 Å². The lowest BCUT2D eigenvalue weighted by Crippen LogP contribution is -2.30. The van der Waals surface area contributed by atoms with Crippen molar-refractivity contribution in [3.63, 3.8) is 0 Å². The number of phosphoric ester groups is 2. The van der Waals surface area contributed by atoms with Gasteiger partial charge < -0.3 is 33.8 Å². The van der Waals surface area contributed by atoms with Gasteiger partial charge in [-0.3, -0.25) is 37.3 Å². The molecule has 0 radical (unpaired) electrons. The Labute approximate surface area is 607 Å². The van der Waals surface area contributed by atoms with E-state index in [2.05, 4.69) is 48.5 Å². The highest BCUT2D eigenvalue weighted by Gasteiger charge is 2.30. The van der Waals surface area contributed by atoms with Crippen molar-refractivity contribution in [1.29, 1.82) is 0 Å². The van der Waals surface area contributed by atoms with Crippen LogP contribution < -0.4 is 0 Å². The van der Waals surface area contributed by atoms with Crippen LogP contribution in [0.2, 0.25) is 0 Å². The lowest BCUT2D eigenvalue weighted by molar-refractivity contribution is -0.161. The second kappa shape index (κ2) is 70.4. The van der Waals surface area contributed by atoms with Crippen LogP contribution in [0.15, 0.2) is 0 Å². The number of rotatable bonds is 78. The summed E-state index contributed by atoms with van der Waals surface area (Å²) >= 11 is 0. The van der Waals surface area contributed by atoms with Crippen molar-refractivity contribution in [3.05, 3.63) is 0 Å². The molecule has 2 unspecified atom stereocenters. The van der Waals surface area contributed by atoms with Crippen molar-refractivity contribution in [1.82, 2.24) is 0 Å². The fourth-order valence-electron chi connectivity index (χ4n) is 12.3. The molecule has 17 nitrogen and oxygen atoms in total. The third-order valence-corrected chi connectivity index (χ3v) is 20.5. The van der Waals surface area contributed by atoms with Gasteiger partial charge in [-0.2, -0.15) is 0 Å². The number of ether oxygens (including phenoxy) is 4. The van der Waals surface area contributed by atoms with Gasteiger partial charge in [0, 0.05) is 25.7 Å². The second-order valence-corrected chi connectivity index (χ2v) is 33.1. The summed E-state index contributed by atoms with van der Waals surface area (Å²) in [4.78, 5) is 73.0. The maximum absolute atomic E-state index is 13.1. The molecular formula is C80H156O17P2. The molecule has 0 aromatic heterocycles. The Bertz CT molecular complexity index is 1920. The predicted octanol–water partition coefficient (Wildman–Crippen LogP) is 23.7. The Morgan fingerprint density at radius 2 is 0.465 bits per heavy atom. The molecule has 0 aromatic rings. The van der Waals surface area contributed by atoms with Crippen LogP contribution in [0, 0.1) is 17.8 Å². The molecule has 99 heavy (non-hydrogen) atoms. The van der Waals surface area contributed by atoms with Crippen LogP contribution in [0.25, 0.3) is 0 Å². The third kappa shape index (κ3) is 74.1. The molecule has 0 aromatic carbocycles. The first-order valence-electron chi connectivity index (χ1n) is 41.3. The van der Waals surface area contributed by atoms with Gasteiger partial charge in [-0.25, -0.2) is 9.13 Å². The molecule has 0 rings (SSSR count). The van der Waals surface area contributed by atoms with Crippen molar-refractivity contribution in [2.24, 2.45) is 17.8 Å². The number of carbonyl (C=O) groups is 4. The van der Waals surface area contributed by atoms with Crippen molar-refractivity contribution < 1.29 is 80.2 Å². The lowest BCUT2D eigenvalue weighted by Gasteiger charge is -2.21. The Morgan fingerprint density at radius 1 is 0.273 bits per heavy atom. The van der Waals surface area contributed by atoms with Gasteiger partial charge in [-0.1, -0.05) is 363 Å². The van der Waals surface area contributed by atoms with E-state index in [0.29, 0.717) is 25.7 Å². The highest BCUT2D eigenvalue weighted by atomic mass is 31.2. The largest absolute Gasteiger partial charge is 0.472 e. The summed E-state index contributed by atoms with van der Waals surface area (Å²) in [6.45, 7) is 11.9. The molecule has 3 N–H and O–H groups in total. The average molecular weight is 1450 g/mol. The number of aliphatic hydroxyl groups excluding tert-OH is 1. The number of carbonyl (C=O) groups excluding carboxylic acids is 4. The van der Waals surface area contributed by atoms with E-state index in [-0.39, 0.29) is 25.7 Å². The van der Waals surface area contributed by atoms with Gasteiger partial charge in [0.05, 0.1) is 26.4 Å². The molecule has 0 fully saturated rings. The molecule has 0 bridgehead atoms. The summed E-state index contributed by atoms with van der Waals surface area (Å²) in [5.74, 6) is 0.161. The first-order chi connectivity index (χ1) is 47.7. The maximum Gasteiger partial charge on any atom is 0.472 e. The van der Waals surface area contributed by atoms with Gasteiger partial charge in [0.2, 0.25) is 0 Å². The monoisotopic (exact) mass is 1450 g/mol. The molecule has 5 atom stereocenters. The van der Waals surface area contributed by atoms with Gasteiger partial charge in [-0.05, 0) is 43.4 Å². The van der Waals surface area contributed by atoms with Crippen LogP contribution in [0.3, 0.4) is 0 Å². The van der Waals surface area contributed by atoms with E-state index in [9.17, 15) is 43.2 Å². The molecule has 0 saturated heterocycles. The zero-order valence-electron chi connectivity index (χ0n) is 65.0. The Morgan fingerprint density at radius 3 is 0.687 bits per heavy atom. The van der Waals surface area contributed by atoms with Crippen molar-refractivity contribution >= 4 is 39.5 Å². The van der Waals surface area contributed by atoms with Crippen molar-refractivity contribution in [2.45, 2.75) is 433 Å². The number of aliphatic hydroxyl groups is 1. The molecule has 0 spiro atoms. The second-order valence-electron chi connectivity index (χ2n) is 30.2. The van der Waals surface area contributed by atoms with Gasteiger partial charge in [-0.15, -0.1) is 0 Å². The smallest absolute Gasteiger partial charge is 0.462 e. The molecule has 0 aliphatic carbocycles. The lowest BCUT2D eigenvalue weighted by atomic mass is 10.0. The molecule has 588 valence electrons. The van der Waals surface area contributed by atoms with Crippen LogP contribution in [0.5, 0.6) is 0 Å². The Hall–Kier alpha value is -1.94. The van der Waals surface area contributed by atoms with E-state index in [4.69, 9.17) is 37.0 Å². The maximum atomic E-state index is 13.1. The number of unbranched alkanes of at least 4 members (excludes halogenated alkanes) is 46. The first-order valence-corrected chi connectivity index (χ1v) is 44.3. The minimum Gasteiger partial charge on any atom is -0.462 e. The highest BCUT2D eigenvalue weighted by Crippen LogP contribution is 2.45. The number of hydrogen-bond acceptors (Lipinski definition) is 15. The molecule has 0 amide bonds. The fourth-order valence-corrected chi connectivity index (χ4v) is 13.9. The van der Waals surface area contributed by atoms with Crippen molar-refractivity contribution in [2.75, 3.05) is 39.6 Å². The van der Waals surface area contributed by atoms with Gasteiger partial charge in [0.15, 0.2) is 12.2 Å². The summed E-state index contributed by atoms with van der Waals surface area (Å²) in [5, 5.41) is 10.6. The van der Waals surface area contributed by atoms with E-state index < -0.39 is 97.5 Å². The standard InChI is InChI=1S/C80H156O17P2/c1-8-9-10-11-12-13-14-15-16-17-18-19-20-21-28-33-42-49-56-63-79(84)96-75(67-90-77(82)61-54-47-40-32-27-23-22-25-30-37-44-51-58-71(2)3)69-94-98(86,87)92-65-74(81)66-93-99(88,89)95-70-76(68-91-78(83)62-55-48-41-36-35-39-46-53-60-73(6)7)97-80(85)64-57-50-43-34-29-24-26-31-38-45-52-59-72(4)5/h71-76,81H,8-70H2,1-7H3,(H,86,87)(H,88,89)/t74-,75-,76-/m1/s1. The zero-order chi connectivity index (χ0) is 73.0. The third-order valence-electron chi connectivity index (χ3n) is 18.6. The average Bonchev–Trinajstić information content (AvgIpc) is 1.14. The minimum atomic E-state index is -4.96. The highest BCUT2D eigenvalue weighted by molar-refractivity contribution is 7.47. The van der Waals surface area contributed by atoms with Crippen LogP contribution in [0.4, 0.5) is 0 Å². The van der Waals surface area contributed by atoms with Crippen LogP contribution in [-0.4, -0.2) is 96.7 Å². The quantitative estimate of drug-likeness (QED) is 0.0222. The van der Waals surface area contributed by atoms with Crippen LogP contribution in [0.1, 0.15) is 414 Å². The summed E-state index contributed by atoms with van der Waals surface area (Å²) < 4.78 is 68.7. The van der Waals surface area contributed by atoms with E-state index >= 15 is 0 Å². The van der Waals surface area contributed by atoms with Gasteiger partial charge in [0.25, 0.3) is 0 Å². The van der Waals surface area contributed by atoms with Crippen LogP contribution >= 0.6 is 15.6 Å². The summed E-state index contributed by atoms with van der Waals surface area (Å²) in [6.07, 6.45) is 58.3. The van der Waals surface area contributed by atoms with Crippen molar-refractivity contribution in [3.8, 4) is 0 Å². The number of esters is 4. The Balaban J connectivity index is 5.25. The zero-order valence-corrected chi connectivity index (χ0v) is 66.8. The minimum absolute atomic E-state index is 0.106. The number of phosphoric acid groups is 2. The van der Waals surface area contributed by atoms with E-state index in [1.165, 1.54) is 225 Å².